The highest BCUT2D eigenvalue weighted by Crippen LogP contribution is 2.41. The van der Waals surface area contributed by atoms with Gasteiger partial charge in [-0.15, -0.1) is 0 Å². The lowest BCUT2D eigenvalue weighted by atomic mass is 9.85. The summed E-state index contributed by atoms with van der Waals surface area (Å²) in [4.78, 5) is 35.6. The summed E-state index contributed by atoms with van der Waals surface area (Å²) in [5, 5.41) is 12.3. The number of rotatable bonds is 3. The first kappa shape index (κ1) is 24.2. The van der Waals surface area contributed by atoms with Crippen molar-refractivity contribution < 1.29 is 14.6 Å². The number of hydrogen-bond donors (Lipinski definition) is 1. The van der Waals surface area contributed by atoms with Gasteiger partial charge in [-0.2, -0.15) is 0 Å². The van der Waals surface area contributed by atoms with Crippen LogP contribution in [0.5, 0.6) is 0 Å². The normalized spacial score (nSPS) is 18.3. The molecule has 7 nitrogen and oxygen atoms in total. The topological polar surface area (TPSA) is 93.8 Å². The summed E-state index contributed by atoms with van der Waals surface area (Å²) in [6.45, 7) is 8.22. The second-order valence-corrected chi connectivity index (χ2v) is 10.5. The van der Waals surface area contributed by atoms with E-state index in [1.165, 1.54) is 11.1 Å². The van der Waals surface area contributed by atoms with Gasteiger partial charge in [0, 0.05) is 17.2 Å². The van der Waals surface area contributed by atoms with E-state index >= 15 is 0 Å². The van der Waals surface area contributed by atoms with Crippen molar-refractivity contribution in [3.8, 4) is 11.4 Å². The monoisotopic (exact) mass is 507 g/mol. The Morgan fingerprint density at radius 2 is 1.87 bits per heavy atom. The van der Waals surface area contributed by atoms with Crippen molar-refractivity contribution in [1.29, 1.82) is 0 Å². The number of carbonyl (C=O) groups excluding carboxylic acids is 1. The number of fused-ring (bicyclic) bond motifs is 5. The van der Waals surface area contributed by atoms with Crippen molar-refractivity contribution in [2.75, 3.05) is 0 Å². The van der Waals surface area contributed by atoms with Gasteiger partial charge in [0.05, 0.1) is 41.1 Å². The number of pyridine rings is 2. The second-order valence-electron chi connectivity index (χ2n) is 10.5. The third kappa shape index (κ3) is 3.77. The third-order valence-corrected chi connectivity index (χ3v) is 7.82. The Balaban J connectivity index is 1.51. The Hall–Kier alpha value is -4.10. The van der Waals surface area contributed by atoms with Crippen LogP contribution >= 0.6 is 0 Å². The van der Waals surface area contributed by atoms with Crippen molar-refractivity contribution in [2.24, 2.45) is 4.99 Å². The molecule has 2 aromatic heterocycles. The van der Waals surface area contributed by atoms with E-state index in [-0.39, 0.29) is 25.0 Å². The number of nitrogens with zero attached hydrogens (tertiary/aromatic N) is 3. The number of hydrogen-bond acceptors (Lipinski definition) is 6. The van der Waals surface area contributed by atoms with Crippen LogP contribution in [0, 0.1) is 20.8 Å². The van der Waals surface area contributed by atoms with Crippen molar-refractivity contribution in [1.82, 2.24) is 9.55 Å². The minimum atomic E-state index is -1.46. The summed E-state index contributed by atoms with van der Waals surface area (Å²) in [5.74, 6) is -0.510. The molecule has 0 radical (unpaired) electrons. The van der Waals surface area contributed by atoms with Gasteiger partial charge < -0.3 is 14.4 Å². The Labute approximate surface area is 220 Å². The first-order valence-electron chi connectivity index (χ1n) is 12.9. The highest BCUT2D eigenvalue weighted by molar-refractivity contribution is 5.98. The van der Waals surface area contributed by atoms with E-state index in [1.807, 2.05) is 37.4 Å². The lowest BCUT2D eigenvalue weighted by Gasteiger charge is -2.26. The van der Waals surface area contributed by atoms with E-state index in [0.717, 1.165) is 39.0 Å². The Bertz CT molecular complexity index is 1730. The molecule has 0 fully saturated rings. The Kier molecular flexibility index (Phi) is 5.58. The fraction of sp³-hybridized carbons (Fsp3) is 0.290. The van der Waals surface area contributed by atoms with Crippen LogP contribution in [0.25, 0.3) is 22.3 Å². The summed E-state index contributed by atoms with van der Waals surface area (Å²) in [7, 11) is 0. The molecule has 1 atom stereocenters. The van der Waals surface area contributed by atoms with Gasteiger partial charge in [-0.1, -0.05) is 42.3 Å². The fourth-order valence-corrected chi connectivity index (χ4v) is 5.87. The predicted octanol–water partition coefficient (Wildman–Crippen LogP) is 5.15. The Morgan fingerprint density at radius 1 is 1.11 bits per heavy atom. The lowest BCUT2D eigenvalue weighted by Crippen LogP contribution is -2.32. The molecule has 0 aliphatic carbocycles. The maximum atomic E-state index is 13.6. The minimum absolute atomic E-state index is 0.141. The molecule has 0 saturated carbocycles. The molecule has 0 bridgehead atoms. The number of aryl methyl sites for hydroxylation is 3. The molecule has 4 heterocycles. The summed E-state index contributed by atoms with van der Waals surface area (Å²) in [6.07, 6.45) is 1.99. The van der Waals surface area contributed by atoms with Crippen LogP contribution in [0.3, 0.4) is 0 Å². The SMILES string of the molecule is CC[C@]1(O)CC(=O)OCc2c1cc1n(c2=O)Cc2c-1nc1cccc(N=Cc3cc(C)cc(C)c3)c1c2C. The number of ether oxygens (including phenoxy) is 1. The van der Waals surface area contributed by atoms with Crippen LogP contribution in [-0.2, 0) is 28.3 Å². The number of aliphatic hydroxyl groups is 1. The first-order valence-corrected chi connectivity index (χ1v) is 12.9. The molecule has 7 heteroatoms. The summed E-state index contributed by atoms with van der Waals surface area (Å²) < 4.78 is 6.96. The van der Waals surface area contributed by atoms with Gasteiger partial charge in [0.1, 0.15) is 12.2 Å². The maximum Gasteiger partial charge on any atom is 0.309 e. The van der Waals surface area contributed by atoms with Crippen LogP contribution in [-0.4, -0.2) is 26.8 Å². The molecule has 0 unspecified atom stereocenters. The van der Waals surface area contributed by atoms with E-state index in [4.69, 9.17) is 14.7 Å². The number of aliphatic imine (C=N–C) groups is 1. The number of cyclic esters (lactones) is 1. The highest BCUT2D eigenvalue weighted by Gasteiger charge is 2.39. The van der Waals surface area contributed by atoms with Crippen LogP contribution < -0.4 is 5.56 Å². The molecule has 192 valence electrons. The summed E-state index contributed by atoms with van der Waals surface area (Å²) >= 11 is 0. The largest absolute Gasteiger partial charge is 0.460 e. The van der Waals surface area contributed by atoms with E-state index < -0.39 is 11.6 Å². The molecule has 6 rings (SSSR count). The zero-order chi connectivity index (χ0) is 26.8. The average molecular weight is 508 g/mol. The fourth-order valence-electron chi connectivity index (χ4n) is 5.87. The molecule has 0 amide bonds. The average Bonchev–Trinajstić information content (AvgIpc) is 3.19. The second kappa shape index (κ2) is 8.74. The summed E-state index contributed by atoms with van der Waals surface area (Å²) in [5.41, 5.74) is 7.45. The van der Waals surface area contributed by atoms with Crippen LogP contribution in [0.4, 0.5) is 5.69 Å². The lowest BCUT2D eigenvalue weighted by molar-refractivity contribution is -0.149. The molecule has 2 aliphatic heterocycles. The van der Waals surface area contributed by atoms with Gasteiger partial charge in [0.25, 0.3) is 5.56 Å². The van der Waals surface area contributed by atoms with E-state index in [9.17, 15) is 14.7 Å². The smallest absolute Gasteiger partial charge is 0.309 e. The molecule has 2 aromatic carbocycles. The zero-order valence-electron chi connectivity index (χ0n) is 22.0. The highest BCUT2D eigenvalue weighted by atomic mass is 16.5. The number of esters is 1. The van der Waals surface area contributed by atoms with Crippen molar-refractivity contribution >= 4 is 28.8 Å². The quantitative estimate of drug-likeness (QED) is 0.269. The van der Waals surface area contributed by atoms with E-state index in [0.29, 0.717) is 23.4 Å². The molecule has 0 saturated heterocycles. The van der Waals surface area contributed by atoms with Gasteiger partial charge in [-0.05, 0) is 62.1 Å². The van der Waals surface area contributed by atoms with Crippen molar-refractivity contribution in [3.63, 3.8) is 0 Å². The van der Waals surface area contributed by atoms with Gasteiger partial charge in [0.15, 0.2) is 0 Å². The van der Waals surface area contributed by atoms with Crippen LogP contribution in [0.1, 0.15) is 58.7 Å². The van der Waals surface area contributed by atoms with E-state index in [1.54, 1.807) is 11.5 Å². The number of carbonyl (C=O) groups is 1. The standard InChI is InChI=1S/C31H29N3O4/c1-5-31(37)13-27(35)38-16-22-23(31)12-26-29-21(15-34(26)30(22)36)19(4)28-24(7-6-8-25(28)33-29)32-14-20-10-17(2)9-18(3)11-20/h6-12,14,37H,5,13,15-16H2,1-4H3/t31-/m0/s1. The Morgan fingerprint density at radius 3 is 2.61 bits per heavy atom. The molecule has 2 aliphatic rings. The molecular formula is C31H29N3O4. The van der Waals surface area contributed by atoms with Crippen LogP contribution in [0.2, 0.25) is 0 Å². The first-order chi connectivity index (χ1) is 18.2. The van der Waals surface area contributed by atoms with Gasteiger partial charge in [-0.3, -0.25) is 14.6 Å². The number of aromatic nitrogens is 2. The molecular weight excluding hydrogens is 478 g/mol. The maximum absolute atomic E-state index is 13.6. The van der Waals surface area contributed by atoms with Gasteiger partial charge >= 0.3 is 5.97 Å². The predicted molar refractivity (Wildman–Crippen MR) is 147 cm³/mol. The minimum Gasteiger partial charge on any atom is -0.460 e. The molecule has 38 heavy (non-hydrogen) atoms. The third-order valence-electron chi connectivity index (χ3n) is 7.82. The zero-order valence-corrected chi connectivity index (χ0v) is 22.0. The van der Waals surface area contributed by atoms with Gasteiger partial charge in [-0.25, -0.2) is 4.98 Å². The molecule has 4 aromatic rings. The van der Waals surface area contributed by atoms with Crippen LogP contribution in [0.15, 0.2) is 52.3 Å². The van der Waals surface area contributed by atoms with Crippen molar-refractivity contribution in [3.05, 3.63) is 91.8 Å². The number of benzene rings is 2. The molecule has 1 N–H and O–H groups in total. The van der Waals surface area contributed by atoms with Gasteiger partial charge in [0.2, 0.25) is 0 Å². The van der Waals surface area contributed by atoms with E-state index in [2.05, 4.69) is 32.0 Å². The summed E-state index contributed by atoms with van der Waals surface area (Å²) in [6, 6.07) is 14.0. The molecule has 0 spiro atoms. The van der Waals surface area contributed by atoms with Crippen molar-refractivity contribution in [2.45, 2.75) is 59.3 Å².